The SMILES string of the molecule is CC.CC.CNC(=O)c1ccc(CN(Cc2ccc(F)nc2)c2cc(F)c(C)c(F)c2F)cc1. The molecule has 8 heteroatoms. The van der Waals surface area contributed by atoms with Gasteiger partial charge in [-0.3, -0.25) is 4.79 Å². The van der Waals surface area contributed by atoms with Gasteiger partial charge in [-0.2, -0.15) is 4.39 Å². The van der Waals surface area contributed by atoms with Gasteiger partial charge in [-0.25, -0.2) is 18.2 Å². The van der Waals surface area contributed by atoms with E-state index < -0.39 is 29.0 Å². The number of hydrogen-bond donors (Lipinski definition) is 1. The Bertz CT molecular complexity index is 1060. The van der Waals surface area contributed by atoms with Gasteiger partial charge >= 0.3 is 0 Å². The molecule has 0 radical (unpaired) electrons. The number of benzene rings is 2. The molecule has 1 N–H and O–H groups in total. The monoisotopic (exact) mass is 477 g/mol. The number of rotatable bonds is 6. The molecule has 0 aliphatic heterocycles. The van der Waals surface area contributed by atoms with Gasteiger partial charge in [-0.05, 0) is 36.2 Å². The van der Waals surface area contributed by atoms with Crippen LogP contribution in [0.15, 0.2) is 48.7 Å². The molecule has 1 aromatic heterocycles. The van der Waals surface area contributed by atoms with E-state index in [0.717, 1.165) is 19.1 Å². The van der Waals surface area contributed by atoms with E-state index in [9.17, 15) is 22.4 Å². The third kappa shape index (κ3) is 7.30. The maximum atomic E-state index is 14.7. The molecule has 2 aromatic carbocycles. The van der Waals surface area contributed by atoms with E-state index in [2.05, 4.69) is 10.3 Å². The van der Waals surface area contributed by atoms with E-state index in [1.54, 1.807) is 24.3 Å². The summed E-state index contributed by atoms with van der Waals surface area (Å²) in [4.78, 5) is 16.7. The second-order valence-electron chi connectivity index (χ2n) is 6.75. The molecule has 0 atom stereocenters. The van der Waals surface area contributed by atoms with Crippen LogP contribution in [0.3, 0.4) is 0 Å². The highest BCUT2D eigenvalue weighted by Crippen LogP contribution is 2.29. The molecule has 34 heavy (non-hydrogen) atoms. The van der Waals surface area contributed by atoms with Crippen molar-refractivity contribution in [3.05, 3.63) is 94.3 Å². The van der Waals surface area contributed by atoms with Gasteiger partial charge in [0.15, 0.2) is 11.6 Å². The maximum absolute atomic E-state index is 14.7. The zero-order valence-electron chi connectivity index (χ0n) is 20.3. The first-order valence-electron chi connectivity index (χ1n) is 11.1. The predicted octanol–water partition coefficient (Wildman–Crippen LogP) is 6.57. The molecule has 0 spiro atoms. The predicted molar refractivity (Wildman–Crippen MR) is 128 cm³/mol. The first kappa shape index (κ1) is 28.6. The second-order valence-corrected chi connectivity index (χ2v) is 6.75. The van der Waals surface area contributed by atoms with Crippen molar-refractivity contribution in [2.45, 2.75) is 47.7 Å². The summed E-state index contributed by atoms with van der Waals surface area (Å²) in [6, 6.07) is 10.1. The number of aromatic nitrogens is 1. The largest absolute Gasteiger partial charge is 0.360 e. The lowest BCUT2D eigenvalue weighted by atomic mass is 10.1. The average molecular weight is 478 g/mol. The Hall–Kier alpha value is -3.42. The molecule has 0 aliphatic rings. The number of anilines is 1. The van der Waals surface area contributed by atoms with Gasteiger partial charge in [0.1, 0.15) is 5.82 Å². The van der Waals surface area contributed by atoms with Crippen LogP contribution >= 0.6 is 0 Å². The minimum Gasteiger partial charge on any atom is -0.360 e. The Morgan fingerprint density at radius 3 is 1.97 bits per heavy atom. The van der Waals surface area contributed by atoms with E-state index in [-0.39, 0.29) is 24.7 Å². The zero-order chi connectivity index (χ0) is 25.8. The van der Waals surface area contributed by atoms with Crippen molar-refractivity contribution in [3.8, 4) is 0 Å². The van der Waals surface area contributed by atoms with Crippen molar-refractivity contribution in [2.75, 3.05) is 11.9 Å². The Morgan fingerprint density at radius 1 is 0.882 bits per heavy atom. The molecule has 0 fully saturated rings. The number of nitrogens with zero attached hydrogens (tertiary/aromatic N) is 2. The van der Waals surface area contributed by atoms with Gasteiger partial charge in [0.2, 0.25) is 5.95 Å². The maximum Gasteiger partial charge on any atom is 0.251 e. The molecule has 0 saturated heterocycles. The highest BCUT2D eigenvalue weighted by atomic mass is 19.2. The number of carbonyl (C=O) groups excluding carboxylic acids is 1. The molecule has 1 heterocycles. The van der Waals surface area contributed by atoms with Crippen molar-refractivity contribution in [2.24, 2.45) is 0 Å². The summed E-state index contributed by atoms with van der Waals surface area (Å²) in [7, 11) is 1.51. The Morgan fingerprint density at radius 2 is 1.44 bits per heavy atom. The van der Waals surface area contributed by atoms with E-state index in [0.29, 0.717) is 16.7 Å². The molecule has 3 rings (SSSR count). The van der Waals surface area contributed by atoms with Crippen LogP contribution in [0.4, 0.5) is 23.2 Å². The van der Waals surface area contributed by atoms with Crippen molar-refractivity contribution in [3.63, 3.8) is 0 Å². The van der Waals surface area contributed by atoms with Gasteiger partial charge < -0.3 is 10.2 Å². The number of halogens is 4. The molecular weight excluding hydrogens is 446 g/mol. The highest BCUT2D eigenvalue weighted by Gasteiger charge is 2.21. The first-order valence-corrected chi connectivity index (χ1v) is 11.1. The van der Waals surface area contributed by atoms with Crippen LogP contribution in [0.2, 0.25) is 0 Å². The van der Waals surface area contributed by atoms with E-state index >= 15 is 0 Å². The molecule has 0 unspecified atom stereocenters. The number of hydrogen-bond acceptors (Lipinski definition) is 3. The van der Waals surface area contributed by atoms with Crippen molar-refractivity contribution in [1.29, 1.82) is 0 Å². The zero-order valence-corrected chi connectivity index (χ0v) is 20.3. The quantitative estimate of drug-likeness (QED) is 0.248. The van der Waals surface area contributed by atoms with Gasteiger partial charge in [0.25, 0.3) is 5.91 Å². The van der Waals surface area contributed by atoms with Gasteiger partial charge in [-0.15, -0.1) is 0 Å². The first-order chi connectivity index (χ1) is 16.3. The average Bonchev–Trinajstić information content (AvgIpc) is 2.88. The van der Waals surface area contributed by atoms with Crippen LogP contribution < -0.4 is 10.2 Å². The minimum atomic E-state index is -1.26. The van der Waals surface area contributed by atoms with E-state index in [1.165, 1.54) is 24.2 Å². The lowest BCUT2D eigenvalue weighted by Gasteiger charge is -2.26. The lowest BCUT2D eigenvalue weighted by Crippen LogP contribution is -2.24. The lowest BCUT2D eigenvalue weighted by molar-refractivity contribution is 0.0963. The number of amides is 1. The number of pyridine rings is 1. The third-order valence-corrected chi connectivity index (χ3v) is 4.69. The van der Waals surface area contributed by atoms with Crippen LogP contribution in [0.5, 0.6) is 0 Å². The summed E-state index contributed by atoms with van der Waals surface area (Å²) < 4.78 is 56.1. The molecule has 184 valence electrons. The minimum absolute atomic E-state index is 0.0311. The molecule has 0 saturated carbocycles. The van der Waals surface area contributed by atoms with Crippen molar-refractivity contribution >= 4 is 11.6 Å². The number of nitrogens with one attached hydrogen (secondary N) is 1. The van der Waals surface area contributed by atoms with Crippen LogP contribution in [0, 0.1) is 30.3 Å². The Kier molecular flexibility index (Phi) is 11.8. The normalized spacial score (nSPS) is 9.82. The van der Waals surface area contributed by atoms with Crippen LogP contribution in [0.25, 0.3) is 0 Å². The Labute approximate surface area is 198 Å². The van der Waals surface area contributed by atoms with Gasteiger partial charge in [0, 0.05) is 43.5 Å². The molecular formula is C26H31F4N3O. The number of carbonyl (C=O) groups is 1. The van der Waals surface area contributed by atoms with Crippen LogP contribution in [-0.2, 0) is 13.1 Å². The molecule has 0 bridgehead atoms. The van der Waals surface area contributed by atoms with Gasteiger partial charge in [-0.1, -0.05) is 45.9 Å². The van der Waals surface area contributed by atoms with Crippen molar-refractivity contribution in [1.82, 2.24) is 10.3 Å². The highest BCUT2D eigenvalue weighted by molar-refractivity contribution is 5.93. The second kappa shape index (κ2) is 14.0. The fourth-order valence-corrected chi connectivity index (χ4v) is 2.98. The molecule has 3 aromatic rings. The van der Waals surface area contributed by atoms with Crippen LogP contribution in [0.1, 0.15) is 54.7 Å². The standard InChI is InChI=1S/C22H19F4N3O.2C2H6/c1-13-17(23)9-18(21(26)20(13)25)29(12-15-5-8-19(24)28-10-15)11-14-3-6-16(7-4-14)22(30)27-2;2*1-2/h3-10H,11-12H2,1-2H3,(H,27,30);2*1-2H3. The fraction of sp³-hybridized carbons (Fsp3) is 0.308. The van der Waals surface area contributed by atoms with E-state index in [1.807, 2.05) is 27.7 Å². The summed E-state index contributed by atoms with van der Waals surface area (Å²) in [5, 5.41) is 2.51. The summed E-state index contributed by atoms with van der Waals surface area (Å²) in [5.41, 5.74) is 0.969. The molecule has 0 aliphatic carbocycles. The smallest absolute Gasteiger partial charge is 0.251 e. The summed E-state index contributed by atoms with van der Waals surface area (Å²) in [5.74, 6) is -4.24. The molecule has 4 nitrogen and oxygen atoms in total. The summed E-state index contributed by atoms with van der Waals surface area (Å²) >= 11 is 0. The third-order valence-electron chi connectivity index (χ3n) is 4.69. The van der Waals surface area contributed by atoms with E-state index in [4.69, 9.17) is 0 Å². The van der Waals surface area contributed by atoms with Crippen LogP contribution in [-0.4, -0.2) is 17.9 Å². The molecule has 1 amide bonds. The summed E-state index contributed by atoms with van der Waals surface area (Å²) in [6.45, 7) is 9.27. The topological polar surface area (TPSA) is 45.2 Å². The summed E-state index contributed by atoms with van der Waals surface area (Å²) in [6.07, 6.45) is 1.27. The fourth-order valence-electron chi connectivity index (χ4n) is 2.98. The van der Waals surface area contributed by atoms with Crippen molar-refractivity contribution < 1.29 is 22.4 Å². The van der Waals surface area contributed by atoms with Gasteiger partial charge in [0.05, 0.1) is 5.69 Å². The Balaban J connectivity index is 0.00000137.